The fourth-order valence-corrected chi connectivity index (χ4v) is 1.81. The molecule has 0 spiro atoms. The number of hydrogen-bond acceptors (Lipinski definition) is 5. The smallest absolute Gasteiger partial charge is 0.409 e. The van der Waals surface area contributed by atoms with Gasteiger partial charge in [-0.3, -0.25) is 15.4 Å². The lowest BCUT2D eigenvalue weighted by molar-refractivity contribution is -0.384. The number of benzene rings is 1. The van der Waals surface area contributed by atoms with Crippen LogP contribution in [0.4, 0.5) is 16.2 Å². The highest BCUT2D eigenvalue weighted by atomic mass is 35.7. The van der Waals surface area contributed by atoms with Crippen molar-refractivity contribution in [1.29, 1.82) is 0 Å². The van der Waals surface area contributed by atoms with Gasteiger partial charge in [-0.2, -0.15) is 0 Å². The second-order valence-corrected chi connectivity index (χ2v) is 5.37. The topological polar surface area (TPSA) is 127 Å². The number of amides is 1. The molecule has 1 aromatic carbocycles. The summed E-state index contributed by atoms with van der Waals surface area (Å²) in [6, 6.07) is 2.58. The third-order valence-electron chi connectivity index (χ3n) is 1.69. The molecule has 0 radical (unpaired) electrons. The maximum atomic E-state index is 10.9. The summed E-state index contributed by atoms with van der Waals surface area (Å²) in [6.07, 6.45) is -1.51. The van der Waals surface area contributed by atoms with Gasteiger partial charge in [0.1, 0.15) is 5.69 Å². The van der Waals surface area contributed by atoms with Crippen molar-refractivity contribution >= 4 is 37.2 Å². The molecule has 0 aliphatic heterocycles. The summed E-state index contributed by atoms with van der Waals surface area (Å²) in [5, 5.41) is 20.8. The van der Waals surface area contributed by atoms with E-state index in [4.69, 9.17) is 15.8 Å². The van der Waals surface area contributed by atoms with E-state index >= 15 is 0 Å². The lowest BCUT2D eigenvalue weighted by Gasteiger charge is -2.03. The summed E-state index contributed by atoms with van der Waals surface area (Å²) in [6.45, 7) is 0. The summed E-state index contributed by atoms with van der Waals surface area (Å²) in [7, 11) is 0.895. The fourth-order valence-electron chi connectivity index (χ4n) is 1.04. The van der Waals surface area contributed by atoms with Crippen LogP contribution in [0.5, 0.6) is 0 Å². The van der Waals surface area contributed by atoms with E-state index in [1.807, 2.05) is 0 Å². The minimum absolute atomic E-state index is 0.341. The average molecular weight is 281 g/mol. The van der Waals surface area contributed by atoms with Crippen molar-refractivity contribution < 1.29 is 23.2 Å². The van der Waals surface area contributed by atoms with Gasteiger partial charge < -0.3 is 5.11 Å². The Balaban J connectivity index is 3.37. The first-order valence-corrected chi connectivity index (χ1v) is 6.26. The van der Waals surface area contributed by atoms with Gasteiger partial charge in [0.05, 0.1) is 9.82 Å². The molecule has 0 aliphatic carbocycles. The Morgan fingerprint density at radius 3 is 2.47 bits per heavy atom. The molecular formula is C7H5ClN2O6S. The van der Waals surface area contributed by atoms with Gasteiger partial charge in [0, 0.05) is 16.7 Å². The standard InChI is InChI=1S/C7H5ClN2O6S/c8-17(15,16)4-1-2-5(9-7(11)12)6(3-4)10(13)14/h1-3,9H,(H,11,12). The number of carboxylic acid groups (broad SMARTS) is 1. The van der Waals surface area contributed by atoms with Crippen molar-refractivity contribution in [3.63, 3.8) is 0 Å². The molecule has 0 bridgehead atoms. The van der Waals surface area contributed by atoms with Crippen LogP contribution in [0.25, 0.3) is 0 Å². The molecule has 0 atom stereocenters. The molecule has 0 saturated heterocycles. The second-order valence-electron chi connectivity index (χ2n) is 2.80. The Morgan fingerprint density at radius 1 is 1.47 bits per heavy atom. The Morgan fingerprint density at radius 2 is 2.06 bits per heavy atom. The monoisotopic (exact) mass is 280 g/mol. The van der Waals surface area contributed by atoms with Gasteiger partial charge in [0.25, 0.3) is 14.7 Å². The molecule has 1 amide bonds. The van der Waals surface area contributed by atoms with Gasteiger partial charge in [-0.1, -0.05) is 0 Å². The van der Waals surface area contributed by atoms with Crippen LogP contribution >= 0.6 is 10.7 Å². The van der Waals surface area contributed by atoms with Crippen LogP contribution in [0.3, 0.4) is 0 Å². The van der Waals surface area contributed by atoms with Gasteiger partial charge in [-0.15, -0.1) is 0 Å². The SMILES string of the molecule is O=C(O)Nc1ccc(S(=O)(=O)Cl)cc1[N+](=O)[O-]. The lowest BCUT2D eigenvalue weighted by atomic mass is 10.2. The summed E-state index contributed by atoms with van der Waals surface area (Å²) in [5.74, 6) is 0. The number of rotatable bonds is 3. The van der Waals surface area contributed by atoms with Crippen molar-refractivity contribution in [2.45, 2.75) is 4.90 Å². The van der Waals surface area contributed by atoms with Crippen LogP contribution in [0.15, 0.2) is 23.1 Å². The number of halogens is 1. The Hall–Kier alpha value is -1.87. The number of nitro benzene ring substituents is 1. The normalized spacial score (nSPS) is 10.9. The number of nitro groups is 1. The van der Waals surface area contributed by atoms with E-state index in [2.05, 4.69) is 0 Å². The van der Waals surface area contributed by atoms with Crippen molar-refractivity contribution in [1.82, 2.24) is 0 Å². The fraction of sp³-hybridized carbons (Fsp3) is 0. The van der Waals surface area contributed by atoms with E-state index in [0.717, 1.165) is 12.1 Å². The molecule has 0 saturated carbocycles. The predicted molar refractivity (Wildman–Crippen MR) is 57.8 cm³/mol. The summed E-state index contributed by atoms with van der Waals surface area (Å²) in [4.78, 5) is 19.6. The third-order valence-corrected chi connectivity index (χ3v) is 3.04. The largest absolute Gasteiger partial charge is 0.465 e. The summed E-state index contributed by atoms with van der Waals surface area (Å²) < 4.78 is 21.9. The van der Waals surface area contributed by atoms with E-state index < -0.39 is 30.7 Å². The number of hydrogen-bond donors (Lipinski definition) is 2. The number of nitrogens with zero attached hydrogens (tertiary/aromatic N) is 1. The molecule has 0 aliphatic rings. The van der Waals surface area contributed by atoms with E-state index in [-0.39, 0.29) is 5.69 Å². The zero-order valence-corrected chi connectivity index (χ0v) is 9.53. The first-order valence-electron chi connectivity index (χ1n) is 3.95. The Kier molecular flexibility index (Phi) is 3.53. The molecular weight excluding hydrogens is 276 g/mol. The molecule has 92 valence electrons. The highest BCUT2D eigenvalue weighted by Gasteiger charge is 2.20. The minimum atomic E-state index is -4.11. The van der Waals surface area contributed by atoms with Crippen molar-refractivity contribution in [2.75, 3.05) is 5.32 Å². The third kappa shape index (κ3) is 3.29. The molecule has 0 aromatic heterocycles. The van der Waals surface area contributed by atoms with Gasteiger partial charge in [0.15, 0.2) is 0 Å². The van der Waals surface area contributed by atoms with Crippen molar-refractivity contribution in [2.24, 2.45) is 0 Å². The van der Waals surface area contributed by atoms with Gasteiger partial charge in [0.2, 0.25) is 0 Å². The highest BCUT2D eigenvalue weighted by molar-refractivity contribution is 8.13. The van der Waals surface area contributed by atoms with Gasteiger partial charge in [-0.25, -0.2) is 13.2 Å². The zero-order chi connectivity index (χ0) is 13.2. The predicted octanol–water partition coefficient (Wildman–Crippen LogP) is 1.61. The highest BCUT2D eigenvalue weighted by Crippen LogP contribution is 2.28. The van der Waals surface area contributed by atoms with Crippen LogP contribution in [0.1, 0.15) is 0 Å². The quantitative estimate of drug-likeness (QED) is 0.492. The first-order chi connectivity index (χ1) is 7.71. The van der Waals surface area contributed by atoms with Crippen LogP contribution in [0.2, 0.25) is 0 Å². The number of anilines is 1. The zero-order valence-electron chi connectivity index (χ0n) is 7.95. The minimum Gasteiger partial charge on any atom is -0.465 e. The van der Waals surface area contributed by atoms with Crippen LogP contribution in [-0.4, -0.2) is 24.5 Å². The van der Waals surface area contributed by atoms with Crippen molar-refractivity contribution in [3.8, 4) is 0 Å². The maximum Gasteiger partial charge on any atom is 0.409 e. The molecule has 0 unspecified atom stereocenters. The van der Waals surface area contributed by atoms with Gasteiger partial charge >= 0.3 is 6.09 Å². The van der Waals surface area contributed by atoms with E-state index in [9.17, 15) is 23.3 Å². The van der Waals surface area contributed by atoms with Crippen molar-refractivity contribution in [3.05, 3.63) is 28.3 Å². The second kappa shape index (κ2) is 4.55. The molecule has 0 fully saturated rings. The Bertz CT molecular complexity index is 584. The summed E-state index contributed by atoms with van der Waals surface area (Å²) >= 11 is 0. The molecule has 2 N–H and O–H groups in total. The molecule has 1 rings (SSSR count). The number of nitrogens with one attached hydrogen (secondary N) is 1. The molecule has 8 nitrogen and oxygen atoms in total. The van der Waals surface area contributed by atoms with Gasteiger partial charge in [-0.05, 0) is 12.1 Å². The molecule has 0 heterocycles. The van der Waals surface area contributed by atoms with E-state index in [1.54, 1.807) is 5.32 Å². The van der Waals surface area contributed by atoms with Crippen LogP contribution in [-0.2, 0) is 9.05 Å². The summed E-state index contributed by atoms with van der Waals surface area (Å²) in [5.41, 5.74) is -1.04. The van der Waals surface area contributed by atoms with E-state index in [1.165, 1.54) is 0 Å². The first kappa shape index (κ1) is 13.2. The van der Waals surface area contributed by atoms with Crippen LogP contribution in [0, 0.1) is 10.1 Å². The number of carbonyl (C=O) groups is 1. The van der Waals surface area contributed by atoms with Crippen LogP contribution < -0.4 is 5.32 Å². The average Bonchev–Trinajstić information content (AvgIpc) is 2.15. The Labute approximate surface area is 99.4 Å². The lowest BCUT2D eigenvalue weighted by Crippen LogP contribution is -2.09. The molecule has 10 heteroatoms. The molecule has 1 aromatic rings. The molecule has 17 heavy (non-hydrogen) atoms. The maximum absolute atomic E-state index is 10.9. The van der Waals surface area contributed by atoms with E-state index in [0.29, 0.717) is 6.07 Å².